The zero-order valence-corrected chi connectivity index (χ0v) is 18.5. The Kier molecular flexibility index (Phi) is 6.59. The fourth-order valence-corrected chi connectivity index (χ4v) is 4.86. The predicted octanol–water partition coefficient (Wildman–Crippen LogP) is 3.52. The minimum atomic E-state index is -0.152. The molecule has 30 heavy (non-hydrogen) atoms. The summed E-state index contributed by atoms with van der Waals surface area (Å²) in [5.74, 6) is 1.92. The number of carbonyl (C=O) groups is 1. The van der Waals surface area contributed by atoms with E-state index in [0.29, 0.717) is 6.42 Å². The Labute approximate surface area is 181 Å². The second-order valence-electron chi connectivity index (χ2n) is 7.95. The summed E-state index contributed by atoms with van der Waals surface area (Å²) in [5, 5.41) is 14.1. The molecule has 3 aromatic rings. The van der Waals surface area contributed by atoms with Crippen molar-refractivity contribution in [3.8, 4) is 0 Å². The highest BCUT2D eigenvalue weighted by atomic mass is 32.1. The molecule has 1 aromatic carbocycles. The van der Waals surface area contributed by atoms with Crippen molar-refractivity contribution in [1.82, 2.24) is 25.0 Å². The summed E-state index contributed by atoms with van der Waals surface area (Å²) in [5.41, 5.74) is 2.55. The van der Waals surface area contributed by atoms with Crippen molar-refractivity contribution in [2.45, 2.75) is 52.2 Å². The minimum absolute atomic E-state index is 0.0483. The molecule has 4 rings (SSSR count). The number of thiophene rings is 1. The van der Waals surface area contributed by atoms with E-state index in [0.717, 1.165) is 50.7 Å². The molecule has 0 bridgehead atoms. The van der Waals surface area contributed by atoms with E-state index in [4.69, 9.17) is 0 Å². The van der Waals surface area contributed by atoms with Crippen LogP contribution >= 0.6 is 11.3 Å². The molecular weight excluding hydrogens is 394 g/mol. The number of nitrogens with one attached hydrogen (secondary N) is 1. The Morgan fingerprint density at radius 3 is 2.77 bits per heavy atom. The lowest BCUT2D eigenvalue weighted by Gasteiger charge is -2.20. The van der Waals surface area contributed by atoms with Crippen molar-refractivity contribution in [3.05, 3.63) is 69.4 Å². The number of fused-ring (bicyclic) bond motifs is 1. The number of hydrogen-bond acceptors (Lipinski definition) is 5. The second kappa shape index (κ2) is 9.53. The molecule has 0 aliphatic carbocycles. The quantitative estimate of drug-likeness (QED) is 0.632. The van der Waals surface area contributed by atoms with Gasteiger partial charge in [-0.15, -0.1) is 21.5 Å². The fourth-order valence-electron chi connectivity index (χ4n) is 3.92. The van der Waals surface area contributed by atoms with Crippen molar-refractivity contribution < 1.29 is 4.79 Å². The molecule has 0 fully saturated rings. The van der Waals surface area contributed by atoms with E-state index >= 15 is 0 Å². The van der Waals surface area contributed by atoms with E-state index in [-0.39, 0.29) is 11.9 Å². The van der Waals surface area contributed by atoms with Crippen LogP contribution in [-0.4, -0.2) is 38.7 Å². The van der Waals surface area contributed by atoms with Crippen molar-refractivity contribution in [2.75, 3.05) is 13.1 Å². The molecule has 0 saturated heterocycles. The average molecular weight is 424 g/mol. The van der Waals surface area contributed by atoms with Crippen molar-refractivity contribution in [3.63, 3.8) is 0 Å². The minimum Gasteiger partial charge on any atom is -0.346 e. The van der Waals surface area contributed by atoms with Crippen LogP contribution in [0.25, 0.3) is 0 Å². The largest absolute Gasteiger partial charge is 0.346 e. The van der Waals surface area contributed by atoms with Gasteiger partial charge in [0.2, 0.25) is 5.91 Å². The summed E-state index contributed by atoms with van der Waals surface area (Å²) in [7, 11) is 0. The van der Waals surface area contributed by atoms with Crippen molar-refractivity contribution in [1.29, 1.82) is 0 Å². The molecule has 1 N–H and O–H groups in total. The van der Waals surface area contributed by atoms with Gasteiger partial charge in [0.15, 0.2) is 5.82 Å². The monoisotopic (exact) mass is 423 g/mol. The molecule has 0 spiro atoms. The molecule has 3 heterocycles. The maximum absolute atomic E-state index is 12.4. The molecule has 1 atom stereocenters. The molecule has 7 heteroatoms. The third-order valence-electron chi connectivity index (χ3n) is 5.73. The Morgan fingerprint density at radius 2 is 2.00 bits per heavy atom. The third kappa shape index (κ3) is 4.96. The Bertz CT molecular complexity index is 981. The van der Waals surface area contributed by atoms with Gasteiger partial charge >= 0.3 is 0 Å². The number of nitrogens with zero attached hydrogens (tertiary/aromatic N) is 4. The van der Waals surface area contributed by atoms with Crippen LogP contribution in [0.5, 0.6) is 0 Å². The molecule has 6 nitrogen and oxygen atoms in total. The highest BCUT2D eigenvalue weighted by Crippen LogP contribution is 2.20. The molecule has 2 aromatic heterocycles. The van der Waals surface area contributed by atoms with Gasteiger partial charge in [-0.3, -0.25) is 9.69 Å². The van der Waals surface area contributed by atoms with Gasteiger partial charge in [0.1, 0.15) is 5.82 Å². The van der Waals surface area contributed by atoms with Crippen molar-refractivity contribution in [2.24, 2.45) is 0 Å². The number of benzene rings is 1. The average Bonchev–Trinajstić information content (AvgIpc) is 3.29. The Hall–Kier alpha value is -2.51. The van der Waals surface area contributed by atoms with Gasteiger partial charge < -0.3 is 9.88 Å². The zero-order valence-electron chi connectivity index (χ0n) is 17.7. The standard InChI is InChI=1S/C23H29N5OS/c1-17-11-15-30-20(17)16-27-12-10-21-25-26-23(28(21)14-13-27)18(2)24-22(29)9-8-19-6-4-3-5-7-19/h3-7,11,15,18H,8-10,12-14,16H2,1-2H3,(H,24,29)/t18-/m1/s1. The van der Waals surface area contributed by atoms with Gasteiger partial charge in [-0.05, 0) is 42.8 Å². The highest BCUT2D eigenvalue weighted by Gasteiger charge is 2.23. The maximum Gasteiger partial charge on any atom is 0.220 e. The van der Waals surface area contributed by atoms with E-state index in [9.17, 15) is 4.79 Å². The normalized spacial score (nSPS) is 15.4. The lowest BCUT2D eigenvalue weighted by atomic mass is 10.1. The topological polar surface area (TPSA) is 63.1 Å². The first kappa shape index (κ1) is 20.8. The summed E-state index contributed by atoms with van der Waals surface area (Å²) < 4.78 is 2.20. The molecule has 0 radical (unpaired) electrons. The van der Waals surface area contributed by atoms with Crippen LogP contribution in [-0.2, 0) is 30.7 Å². The lowest BCUT2D eigenvalue weighted by Crippen LogP contribution is -2.30. The molecule has 158 valence electrons. The first-order valence-electron chi connectivity index (χ1n) is 10.6. The summed E-state index contributed by atoms with van der Waals surface area (Å²) >= 11 is 1.83. The summed E-state index contributed by atoms with van der Waals surface area (Å²) in [6.07, 6.45) is 2.10. The Balaban J connectivity index is 1.34. The van der Waals surface area contributed by atoms with Gasteiger partial charge in [0.05, 0.1) is 6.04 Å². The van der Waals surface area contributed by atoms with Crippen LogP contribution in [0.15, 0.2) is 41.8 Å². The van der Waals surface area contributed by atoms with Gasteiger partial charge in [-0.25, -0.2) is 0 Å². The van der Waals surface area contributed by atoms with Crippen LogP contribution in [0.2, 0.25) is 0 Å². The van der Waals surface area contributed by atoms with E-state index in [2.05, 4.69) is 55.5 Å². The number of carbonyl (C=O) groups excluding carboxylic acids is 1. The molecule has 1 aliphatic heterocycles. The smallest absolute Gasteiger partial charge is 0.220 e. The maximum atomic E-state index is 12.4. The summed E-state index contributed by atoms with van der Waals surface area (Å²) in [6, 6.07) is 12.1. The van der Waals surface area contributed by atoms with Crippen LogP contribution in [0.1, 0.15) is 47.0 Å². The lowest BCUT2D eigenvalue weighted by molar-refractivity contribution is -0.121. The Morgan fingerprint density at radius 1 is 1.17 bits per heavy atom. The third-order valence-corrected chi connectivity index (χ3v) is 6.74. The van der Waals surface area contributed by atoms with Crippen LogP contribution in [0.3, 0.4) is 0 Å². The number of hydrogen-bond donors (Lipinski definition) is 1. The van der Waals surface area contributed by atoms with E-state index < -0.39 is 0 Å². The molecule has 1 aliphatic rings. The van der Waals surface area contributed by atoms with Crippen LogP contribution in [0, 0.1) is 6.92 Å². The molecule has 0 unspecified atom stereocenters. The van der Waals surface area contributed by atoms with Gasteiger partial charge in [-0.1, -0.05) is 30.3 Å². The fraction of sp³-hybridized carbons (Fsp3) is 0.435. The van der Waals surface area contributed by atoms with Gasteiger partial charge in [-0.2, -0.15) is 0 Å². The summed E-state index contributed by atoms with van der Waals surface area (Å²) in [4.78, 5) is 16.4. The van der Waals surface area contributed by atoms with Gasteiger partial charge in [0, 0.05) is 43.9 Å². The first-order valence-corrected chi connectivity index (χ1v) is 11.5. The van der Waals surface area contributed by atoms with Crippen molar-refractivity contribution >= 4 is 17.2 Å². The molecule has 1 amide bonds. The highest BCUT2D eigenvalue weighted by molar-refractivity contribution is 7.10. The van der Waals surface area contributed by atoms with E-state index in [1.165, 1.54) is 16.0 Å². The second-order valence-corrected chi connectivity index (χ2v) is 8.95. The molecule has 0 saturated carbocycles. The van der Waals surface area contributed by atoms with Gasteiger partial charge in [0.25, 0.3) is 0 Å². The van der Waals surface area contributed by atoms with Crippen LogP contribution < -0.4 is 5.32 Å². The zero-order chi connectivity index (χ0) is 20.9. The summed E-state index contributed by atoms with van der Waals surface area (Å²) in [6.45, 7) is 7.96. The van der Waals surface area contributed by atoms with Crippen LogP contribution in [0.4, 0.5) is 0 Å². The first-order chi connectivity index (χ1) is 14.6. The molecular formula is C23H29N5OS. The number of aromatic nitrogens is 3. The SMILES string of the molecule is Cc1ccsc1CN1CCc2nnc([C@@H](C)NC(=O)CCc3ccccc3)n2CC1. The van der Waals surface area contributed by atoms with E-state index in [1.807, 2.05) is 36.5 Å². The number of rotatable bonds is 7. The number of amides is 1. The number of aryl methyl sites for hydroxylation is 2. The predicted molar refractivity (Wildman–Crippen MR) is 119 cm³/mol. The van der Waals surface area contributed by atoms with E-state index in [1.54, 1.807) is 0 Å².